The Labute approximate surface area is 204 Å². The summed E-state index contributed by atoms with van der Waals surface area (Å²) in [6.45, 7) is 3.57. The van der Waals surface area contributed by atoms with E-state index in [-0.39, 0.29) is 16.9 Å². The third kappa shape index (κ3) is 4.83. The number of carboxylic acid groups (broad SMARTS) is 1. The smallest absolute Gasteiger partial charge is 0.422 e. The van der Waals surface area contributed by atoms with Gasteiger partial charge in [0.05, 0.1) is 17.8 Å². The minimum absolute atomic E-state index is 0.111. The summed E-state index contributed by atoms with van der Waals surface area (Å²) in [4.78, 5) is 19.1. The Kier molecular flexibility index (Phi) is 6.27. The average Bonchev–Trinajstić information content (AvgIpc) is 3.23. The molecule has 35 heavy (non-hydrogen) atoms. The third-order valence-corrected chi connectivity index (χ3v) is 6.24. The number of rotatable bonds is 6. The van der Waals surface area contributed by atoms with Crippen molar-refractivity contribution < 1.29 is 32.9 Å². The van der Waals surface area contributed by atoms with Crippen LogP contribution in [-0.2, 0) is 11.8 Å². The molecule has 1 aromatic heterocycles. The van der Waals surface area contributed by atoms with E-state index in [1.54, 1.807) is 26.0 Å². The maximum absolute atomic E-state index is 14.2. The van der Waals surface area contributed by atoms with Crippen LogP contribution in [0.25, 0.3) is 10.9 Å². The van der Waals surface area contributed by atoms with Crippen LogP contribution >= 0.6 is 11.6 Å². The Morgan fingerprint density at radius 1 is 1.23 bits per heavy atom. The largest absolute Gasteiger partial charge is 0.493 e. The minimum Gasteiger partial charge on any atom is -0.493 e. The number of hydrogen-bond donors (Lipinski definition) is 2. The molecule has 0 radical (unpaired) electrons. The fraction of sp³-hybridized carbons (Fsp3) is 0.320. The molecule has 3 aromatic rings. The molecule has 2 heterocycles. The highest BCUT2D eigenvalue weighted by atomic mass is 35.5. The molecule has 4 rings (SSSR count). The molecule has 6 nitrogen and oxygen atoms in total. The van der Waals surface area contributed by atoms with E-state index >= 15 is 0 Å². The molecule has 2 aromatic carbocycles. The van der Waals surface area contributed by atoms with Crippen LogP contribution in [0.4, 0.5) is 18.9 Å². The van der Waals surface area contributed by atoms with E-state index in [2.05, 4.69) is 9.98 Å². The number of ether oxygens (including phenoxy) is 1. The van der Waals surface area contributed by atoms with Gasteiger partial charge in [0.25, 0.3) is 0 Å². The summed E-state index contributed by atoms with van der Waals surface area (Å²) < 4.78 is 48.2. The van der Waals surface area contributed by atoms with E-state index < -0.39 is 29.6 Å². The van der Waals surface area contributed by atoms with Gasteiger partial charge in [-0.3, -0.25) is 4.99 Å². The molecule has 0 amide bonds. The number of pyridine rings is 1. The number of benzene rings is 2. The zero-order valence-electron chi connectivity index (χ0n) is 18.9. The second-order valence-corrected chi connectivity index (χ2v) is 9.56. The number of fused-ring (bicyclic) bond motifs is 2. The summed E-state index contributed by atoms with van der Waals surface area (Å²) in [5.74, 6) is -0.735. The monoisotopic (exact) mass is 506 g/mol. The number of nitrogens with zero attached hydrogens (tertiary/aromatic N) is 2. The van der Waals surface area contributed by atoms with E-state index in [1.165, 1.54) is 30.3 Å². The summed E-state index contributed by atoms with van der Waals surface area (Å²) in [6.07, 6.45) is -4.69. The number of hydrogen-bond acceptors (Lipinski definition) is 5. The maximum atomic E-state index is 14.2. The van der Waals surface area contributed by atoms with Crippen molar-refractivity contribution in [3.63, 3.8) is 0 Å². The SMILES string of the molecule is CC(C)(CC(O)(C=Nc1cccc2nc(C(=O)O)ccc12)C(F)(F)F)c1cc(Cl)cc2c1OCC2. The number of carbonyl (C=O) groups is 1. The summed E-state index contributed by atoms with van der Waals surface area (Å²) in [6, 6.07) is 10.4. The van der Waals surface area contributed by atoms with Crippen LogP contribution in [0.1, 0.15) is 41.9 Å². The molecule has 1 aliphatic heterocycles. The number of aliphatic hydroxyl groups is 1. The number of alkyl halides is 3. The van der Waals surface area contributed by atoms with Crippen molar-refractivity contribution in [1.82, 2.24) is 4.98 Å². The van der Waals surface area contributed by atoms with Crippen molar-refractivity contribution in [2.24, 2.45) is 4.99 Å². The molecule has 0 aliphatic carbocycles. The van der Waals surface area contributed by atoms with Gasteiger partial charge in [-0.2, -0.15) is 13.2 Å². The molecule has 2 N–H and O–H groups in total. The van der Waals surface area contributed by atoms with Crippen LogP contribution in [0.3, 0.4) is 0 Å². The van der Waals surface area contributed by atoms with E-state index in [4.69, 9.17) is 21.4 Å². The highest BCUT2D eigenvalue weighted by molar-refractivity contribution is 6.30. The fourth-order valence-corrected chi connectivity index (χ4v) is 4.55. The predicted molar refractivity (Wildman–Crippen MR) is 126 cm³/mol. The Bertz CT molecular complexity index is 1340. The van der Waals surface area contributed by atoms with Crippen molar-refractivity contribution in [3.8, 4) is 5.75 Å². The first-order chi connectivity index (χ1) is 16.3. The van der Waals surface area contributed by atoms with Crippen LogP contribution in [-0.4, -0.2) is 45.8 Å². The van der Waals surface area contributed by atoms with Crippen LogP contribution in [0, 0.1) is 0 Å². The van der Waals surface area contributed by atoms with Gasteiger partial charge in [-0.15, -0.1) is 0 Å². The van der Waals surface area contributed by atoms with E-state index in [0.29, 0.717) is 41.0 Å². The van der Waals surface area contributed by atoms with Crippen LogP contribution < -0.4 is 4.74 Å². The first-order valence-electron chi connectivity index (χ1n) is 10.7. The third-order valence-electron chi connectivity index (χ3n) is 6.03. The minimum atomic E-state index is -5.03. The number of aromatic carboxylic acids is 1. The Morgan fingerprint density at radius 3 is 2.66 bits per heavy atom. The lowest BCUT2D eigenvalue weighted by Gasteiger charge is -2.36. The van der Waals surface area contributed by atoms with Crippen molar-refractivity contribution in [2.75, 3.05) is 6.61 Å². The van der Waals surface area contributed by atoms with Gasteiger partial charge in [0.2, 0.25) is 0 Å². The molecule has 0 saturated heterocycles. The lowest BCUT2D eigenvalue weighted by molar-refractivity contribution is -0.234. The molecule has 0 bridgehead atoms. The lowest BCUT2D eigenvalue weighted by atomic mass is 9.74. The quantitative estimate of drug-likeness (QED) is 0.407. The molecule has 1 aliphatic rings. The van der Waals surface area contributed by atoms with Crippen LogP contribution in [0.5, 0.6) is 5.75 Å². The van der Waals surface area contributed by atoms with E-state index in [9.17, 15) is 23.1 Å². The molecule has 184 valence electrons. The number of aliphatic imine (C=N–C) groups is 1. The normalized spacial score (nSPS) is 15.7. The van der Waals surface area contributed by atoms with Crippen molar-refractivity contribution in [2.45, 2.75) is 43.9 Å². The molecule has 0 spiro atoms. The summed E-state index contributed by atoms with van der Waals surface area (Å²) in [7, 11) is 0. The second kappa shape index (κ2) is 8.80. The van der Waals surface area contributed by atoms with Gasteiger partial charge < -0.3 is 14.9 Å². The average molecular weight is 507 g/mol. The summed E-state index contributed by atoms with van der Waals surface area (Å²) in [5, 5.41) is 20.7. The van der Waals surface area contributed by atoms with Crippen molar-refractivity contribution >= 4 is 40.4 Å². The molecule has 10 heteroatoms. The lowest BCUT2D eigenvalue weighted by Crippen LogP contribution is -2.50. The zero-order chi connectivity index (χ0) is 25.6. The maximum Gasteiger partial charge on any atom is 0.422 e. The highest BCUT2D eigenvalue weighted by Gasteiger charge is 2.55. The van der Waals surface area contributed by atoms with Gasteiger partial charge in [-0.1, -0.05) is 31.5 Å². The van der Waals surface area contributed by atoms with E-state index in [1.807, 2.05) is 0 Å². The van der Waals surface area contributed by atoms with Crippen molar-refractivity contribution in [3.05, 3.63) is 64.3 Å². The molecular weight excluding hydrogens is 485 g/mol. The topological polar surface area (TPSA) is 92.0 Å². The molecule has 1 atom stereocenters. The van der Waals surface area contributed by atoms with Gasteiger partial charge in [0, 0.05) is 28.6 Å². The van der Waals surface area contributed by atoms with Gasteiger partial charge in [0.1, 0.15) is 11.4 Å². The first kappa shape index (κ1) is 24.9. The van der Waals surface area contributed by atoms with Gasteiger partial charge in [0.15, 0.2) is 5.60 Å². The van der Waals surface area contributed by atoms with Gasteiger partial charge in [-0.25, -0.2) is 9.78 Å². The van der Waals surface area contributed by atoms with Crippen molar-refractivity contribution in [1.29, 1.82) is 0 Å². The second-order valence-electron chi connectivity index (χ2n) is 9.13. The Hall–Kier alpha value is -3.17. The standard InChI is InChI=1S/C25H22ClF3N2O4/c1-23(2,17-11-15(26)10-14-8-9-35-21(14)17)12-24(34,25(27,28)29)13-30-18-4-3-5-19-16(18)6-7-20(31-19)22(32)33/h3-7,10-11,13,34H,8-9,12H2,1-2H3,(H,32,33). The number of halogens is 4. The van der Waals surface area contributed by atoms with Crippen LogP contribution in [0.15, 0.2) is 47.5 Å². The predicted octanol–water partition coefficient (Wildman–Crippen LogP) is 5.88. The highest BCUT2D eigenvalue weighted by Crippen LogP contribution is 2.46. The van der Waals surface area contributed by atoms with E-state index in [0.717, 1.165) is 5.56 Å². The fourth-order valence-electron chi connectivity index (χ4n) is 4.31. The first-order valence-corrected chi connectivity index (χ1v) is 11.1. The summed E-state index contributed by atoms with van der Waals surface area (Å²) >= 11 is 6.21. The molecular formula is C25H22ClF3N2O4. The molecule has 0 saturated carbocycles. The Morgan fingerprint density at radius 2 is 1.97 bits per heavy atom. The number of carboxylic acids is 1. The molecule has 0 fully saturated rings. The Balaban J connectivity index is 1.73. The zero-order valence-corrected chi connectivity index (χ0v) is 19.6. The van der Waals surface area contributed by atoms with Gasteiger partial charge >= 0.3 is 12.1 Å². The van der Waals surface area contributed by atoms with Gasteiger partial charge in [-0.05, 0) is 53.8 Å². The van der Waals surface area contributed by atoms with Crippen LogP contribution in [0.2, 0.25) is 5.02 Å². The molecule has 1 unspecified atom stereocenters. The summed E-state index contributed by atoms with van der Waals surface area (Å²) in [5.41, 5.74) is -3.02. The number of aromatic nitrogens is 1.